The van der Waals surface area contributed by atoms with E-state index in [1.807, 2.05) is 47.7 Å². The molecular formula is C22H20N4O3S. The first-order chi connectivity index (χ1) is 14.7. The van der Waals surface area contributed by atoms with Crippen molar-refractivity contribution in [1.29, 1.82) is 0 Å². The first-order valence-corrected chi connectivity index (χ1v) is 10.6. The topological polar surface area (TPSA) is 85.6 Å². The van der Waals surface area contributed by atoms with Crippen molar-refractivity contribution in [3.8, 4) is 0 Å². The van der Waals surface area contributed by atoms with Crippen molar-refractivity contribution in [2.45, 2.75) is 18.5 Å². The largest absolute Gasteiger partial charge is 0.462 e. The minimum absolute atomic E-state index is 0.161. The molecule has 0 unspecified atom stereocenters. The smallest absolute Gasteiger partial charge is 0.338 e. The lowest BCUT2D eigenvalue weighted by atomic mass is 10.2. The summed E-state index contributed by atoms with van der Waals surface area (Å²) in [6.07, 6.45) is 0.756. The molecular weight excluding hydrogens is 400 g/mol. The van der Waals surface area contributed by atoms with Crippen LogP contribution in [-0.4, -0.2) is 38.8 Å². The summed E-state index contributed by atoms with van der Waals surface area (Å²) in [5, 5.41) is 13.0. The molecule has 2 heterocycles. The number of pyridine rings is 1. The quantitative estimate of drug-likeness (QED) is 0.357. The van der Waals surface area contributed by atoms with Crippen LogP contribution in [0.1, 0.15) is 23.7 Å². The SMILES string of the molecule is CCCOC(=O)c1cccc(NC(=O)CSc2nnc3ccc4ccccc4n23)c1. The van der Waals surface area contributed by atoms with Crippen LogP contribution in [0.5, 0.6) is 0 Å². The number of carbonyl (C=O) groups is 2. The molecule has 4 aromatic rings. The Bertz CT molecular complexity index is 1220. The number of rotatable bonds is 7. The van der Waals surface area contributed by atoms with Gasteiger partial charge in [0.2, 0.25) is 5.91 Å². The number of ether oxygens (including phenoxy) is 1. The molecule has 0 bridgehead atoms. The second kappa shape index (κ2) is 8.96. The summed E-state index contributed by atoms with van der Waals surface area (Å²) in [7, 11) is 0. The van der Waals surface area contributed by atoms with Gasteiger partial charge in [-0.25, -0.2) is 4.79 Å². The fraction of sp³-hybridized carbons (Fsp3) is 0.182. The zero-order valence-corrected chi connectivity index (χ0v) is 17.2. The van der Waals surface area contributed by atoms with Gasteiger partial charge in [0.25, 0.3) is 0 Å². The van der Waals surface area contributed by atoms with Gasteiger partial charge in [-0.2, -0.15) is 0 Å². The van der Waals surface area contributed by atoms with Gasteiger partial charge in [0.1, 0.15) is 0 Å². The van der Waals surface area contributed by atoms with Crippen molar-refractivity contribution in [2.75, 3.05) is 17.7 Å². The Hall–Kier alpha value is -3.39. The second-order valence-corrected chi connectivity index (χ2v) is 7.56. The third-order valence-electron chi connectivity index (χ3n) is 4.40. The molecule has 0 aliphatic carbocycles. The van der Waals surface area contributed by atoms with E-state index in [-0.39, 0.29) is 11.7 Å². The van der Waals surface area contributed by atoms with Gasteiger partial charge in [-0.3, -0.25) is 9.20 Å². The highest BCUT2D eigenvalue weighted by molar-refractivity contribution is 7.99. The Labute approximate surface area is 177 Å². The molecule has 2 aromatic heterocycles. The van der Waals surface area contributed by atoms with Gasteiger partial charge < -0.3 is 10.1 Å². The molecule has 152 valence electrons. The average molecular weight is 420 g/mol. The van der Waals surface area contributed by atoms with Gasteiger partial charge in [0.05, 0.1) is 23.4 Å². The summed E-state index contributed by atoms with van der Waals surface area (Å²) in [6.45, 7) is 2.30. The Morgan fingerprint density at radius 2 is 1.93 bits per heavy atom. The molecule has 4 rings (SSSR count). The summed E-state index contributed by atoms with van der Waals surface area (Å²) < 4.78 is 7.08. The third-order valence-corrected chi connectivity index (χ3v) is 5.33. The van der Waals surface area contributed by atoms with Crippen LogP contribution >= 0.6 is 11.8 Å². The Morgan fingerprint density at radius 3 is 2.80 bits per heavy atom. The number of anilines is 1. The molecule has 1 N–H and O–H groups in total. The molecule has 2 aromatic carbocycles. The number of carbonyl (C=O) groups excluding carboxylic acids is 2. The minimum Gasteiger partial charge on any atom is -0.462 e. The number of para-hydroxylation sites is 1. The average Bonchev–Trinajstić information content (AvgIpc) is 3.20. The van der Waals surface area contributed by atoms with Crippen molar-refractivity contribution >= 4 is 45.9 Å². The number of thioether (sulfide) groups is 1. The lowest BCUT2D eigenvalue weighted by Crippen LogP contribution is -2.15. The van der Waals surface area contributed by atoms with Crippen LogP contribution in [0.25, 0.3) is 16.6 Å². The van der Waals surface area contributed by atoms with E-state index in [2.05, 4.69) is 15.5 Å². The number of amides is 1. The van der Waals surface area contributed by atoms with E-state index in [0.717, 1.165) is 23.0 Å². The minimum atomic E-state index is -0.399. The van der Waals surface area contributed by atoms with E-state index in [9.17, 15) is 9.59 Å². The van der Waals surface area contributed by atoms with Crippen LogP contribution in [0.4, 0.5) is 5.69 Å². The first-order valence-electron chi connectivity index (χ1n) is 9.58. The van der Waals surface area contributed by atoms with Gasteiger partial charge in [0, 0.05) is 5.69 Å². The Morgan fingerprint density at radius 1 is 1.07 bits per heavy atom. The fourth-order valence-electron chi connectivity index (χ4n) is 3.03. The molecule has 8 heteroatoms. The van der Waals surface area contributed by atoms with Gasteiger partial charge in [-0.1, -0.05) is 43.0 Å². The van der Waals surface area contributed by atoms with Crippen molar-refractivity contribution in [3.05, 3.63) is 66.2 Å². The van der Waals surface area contributed by atoms with E-state index in [1.165, 1.54) is 11.8 Å². The maximum absolute atomic E-state index is 12.5. The summed E-state index contributed by atoms with van der Waals surface area (Å²) in [6, 6.07) is 18.6. The number of hydrogen-bond acceptors (Lipinski definition) is 6. The molecule has 0 fully saturated rings. The zero-order valence-electron chi connectivity index (χ0n) is 16.4. The Balaban J connectivity index is 1.45. The molecule has 0 aliphatic rings. The molecule has 1 amide bonds. The van der Waals surface area contributed by atoms with Crippen molar-refractivity contribution in [1.82, 2.24) is 14.6 Å². The van der Waals surface area contributed by atoms with E-state index in [4.69, 9.17) is 4.74 Å². The van der Waals surface area contributed by atoms with Gasteiger partial charge >= 0.3 is 5.97 Å². The standard InChI is InChI=1S/C22H20N4O3S/c1-2-12-29-21(28)16-7-5-8-17(13-16)23-20(27)14-30-22-25-24-19-11-10-15-6-3-4-9-18(15)26(19)22/h3-11,13H,2,12,14H2,1H3,(H,23,27). The van der Waals surface area contributed by atoms with Crippen LogP contribution in [0.2, 0.25) is 0 Å². The third kappa shape index (κ3) is 4.28. The van der Waals surface area contributed by atoms with Gasteiger partial charge in [-0.05, 0) is 48.2 Å². The highest BCUT2D eigenvalue weighted by Crippen LogP contribution is 2.23. The van der Waals surface area contributed by atoms with Crippen molar-refractivity contribution < 1.29 is 14.3 Å². The summed E-state index contributed by atoms with van der Waals surface area (Å²) >= 11 is 1.31. The Kier molecular flexibility index (Phi) is 5.94. The molecule has 0 spiro atoms. The van der Waals surface area contributed by atoms with Crippen LogP contribution < -0.4 is 5.32 Å². The molecule has 0 atom stereocenters. The molecule has 30 heavy (non-hydrogen) atoms. The number of nitrogens with one attached hydrogen (secondary N) is 1. The predicted molar refractivity (Wildman–Crippen MR) is 117 cm³/mol. The summed E-state index contributed by atoms with van der Waals surface area (Å²) in [5.41, 5.74) is 2.67. The van der Waals surface area contributed by atoms with Crippen LogP contribution in [0, 0.1) is 0 Å². The highest BCUT2D eigenvalue weighted by atomic mass is 32.2. The van der Waals surface area contributed by atoms with E-state index in [1.54, 1.807) is 24.3 Å². The molecule has 0 aliphatic heterocycles. The molecule has 7 nitrogen and oxygen atoms in total. The monoisotopic (exact) mass is 420 g/mol. The molecule has 0 saturated heterocycles. The number of hydrogen-bond donors (Lipinski definition) is 1. The highest BCUT2D eigenvalue weighted by Gasteiger charge is 2.13. The summed E-state index contributed by atoms with van der Waals surface area (Å²) in [5.74, 6) is -0.436. The van der Waals surface area contributed by atoms with E-state index >= 15 is 0 Å². The maximum atomic E-state index is 12.5. The van der Waals surface area contributed by atoms with E-state index < -0.39 is 5.97 Å². The van der Waals surface area contributed by atoms with Crippen LogP contribution in [-0.2, 0) is 9.53 Å². The van der Waals surface area contributed by atoms with Crippen LogP contribution in [0.15, 0.2) is 65.8 Å². The molecule has 0 saturated carbocycles. The maximum Gasteiger partial charge on any atom is 0.338 e. The summed E-state index contributed by atoms with van der Waals surface area (Å²) in [4.78, 5) is 24.5. The lowest BCUT2D eigenvalue weighted by Gasteiger charge is -2.08. The number of esters is 1. The lowest BCUT2D eigenvalue weighted by molar-refractivity contribution is -0.113. The number of nitrogens with zero attached hydrogens (tertiary/aromatic N) is 3. The van der Waals surface area contributed by atoms with Crippen LogP contribution in [0.3, 0.4) is 0 Å². The zero-order chi connectivity index (χ0) is 20.9. The number of benzene rings is 2. The first kappa shape index (κ1) is 19.9. The molecule has 0 radical (unpaired) electrons. The van der Waals surface area contributed by atoms with Crippen molar-refractivity contribution in [2.24, 2.45) is 0 Å². The van der Waals surface area contributed by atoms with Crippen molar-refractivity contribution in [3.63, 3.8) is 0 Å². The van der Waals surface area contributed by atoms with Gasteiger partial charge in [-0.15, -0.1) is 10.2 Å². The number of aromatic nitrogens is 3. The predicted octanol–water partition coefficient (Wildman–Crippen LogP) is 4.18. The number of fused-ring (bicyclic) bond motifs is 3. The normalized spacial score (nSPS) is 11.0. The van der Waals surface area contributed by atoms with E-state index in [0.29, 0.717) is 23.0 Å². The fourth-order valence-corrected chi connectivity index (χ4v) is 3.79. The van der Waals surface area contributed by atoms with Gasteiger partial charge in [0.15, 0.2) is 10.8 Å². The second-order valence-electron chi connectivity index (χ2n) is 6.62.